The summed E-state index contributed by atoms with van der Waals surface area (Å²) in [5, 5.41) is 19.8. The first-order chi connectivity index (χ1) is 27.1. The molecule has 0 heterocycles. The van der Waals surface area contributed by atoms with E-state index in [0.717, 1.165) is 89.9 Å². The number of carbonyl (C=O) groups is 1. The average Bonchev–Trinajstić information content (AvgIpc) is 3.14. The highest BCUT2D eigenvalue weighted by molar-refractivity contribution is 5.89. The number of aromatic carboxylic acids is 1. The van der Waals surface area contributed by atoms with E-state index in [2.05, 4.69) is 124 Å². The van der Waals surface area contributed by atoms with E-state index in [1.165, 1.54) is 82.2 Å². The van der Waals surface area contributed by atoms with Crippen LogP contribution in [0.1, 0.15) is 188 Å². The predicted octanol–water partition coefficient (Wildman–Crippen LogP) is 16.4. The molecule has 0 saturated carbocycles. The molecule has 0 aliphatic heterocycles. The zero-order valence-electron chi connectivity index (χ0n) is 38.1. The van der Waals surface area contributed by atoms with Crippen molar-refractivity contribution in [1.82, 2.24) is 0 Å². The lowest BCUT2D eigenvalue weighted by atomic mass is 10.0. The highest BCUT2D eigenvalue weighted by Gasteiger charge is 2.13. The average molecular weight is 781 g/mol. The lowest BCUT2D eigenvalue weighted by molar-refractivity contribution is 0.0696. The van der Waals surface area contributed by atoms with Crippen molar-refractivity contribution in [2.45, 2.75) is 178 Å². The standard InChI is InChI=1S/C53H80O4/c1-40(2)20-12-21-41(3)22-13-23-42(4)24-14-25-43(5)26-15-27-44(6)28-16-29-45(7)30-17-31-46(8)32-18-33-47(9)34-19-35-48(10)36-37-49-38-50(53(55)56)39-51(57-11)52(49)54/h20,22,24,26,28,30,32,34,36,38-39,54H,12-19,21,23,25,27,29,31,33,35,37H2,1-11H3,(H,55,56). The van der Waals surface area contributed by atoms with Crippen LogP contribution in [0.25, 0.3) is 0 Å². The summed E-state index contributed by atoms with van der Waals surface area (Å²) in [6.45, 7) is 22.3. The molecule has 0 aromatic heterocycles. The summed E-state index contributed by atoms with van der Waals surface area (Å²) in [7, 11) is 1.43. The smallest absolute Gasteiger partial charge is 0.335 e. The van der Waals surface area contributed by atoms with Crippen molar-refractivity contribution in [2.75, 3.05) is 7.11 Å². The van der Waals surface area contributed by atoms with Gasteiger partial charge in [-0.2, -0.15) is 0 Å². The van der Waals surface area contributed by atoms with Gasteiger partial charge in [-0.15, -0.1) is 0 Å². The molecule has 0 spiro atoms. The van der Waals surface area contributed by atoms with E-state index in [-0.39, 0.29) is 17.1 Å². The summed E-state index contributed by atoms with van der Waals surface area (Å²) in [6, 6.07) is 2.86. The number of carboxylic acids is 1. The summed E-state index contributed by atoms with van der Waals surface area (Å²) in [5.74, 6) is -0.854. The number of methoxy groups -OCH3 is 1. The first kappa shape index (κ1) is 51.0. The summed E-state index contributed by atoms with van der Waals surface area (Å²) in [5.41, 5.74) is 13.7. The van der Waals surface area contributed by atoms with Gasteiger partial charge in [0.1, 0.15) is 0 Å². The molecule has 0 aliphatic rings. The van der Waals surface area contributed by atoms with Gasteiger partial charge in [-0.3, -0.25) is 0 Å². The van der Waals surface area contributed by atoms with E-state index in [1.54, 1.807) is 0 Å². The van der Waals surface area contributed by atoms with Crippen molar-refractivity contribution in [1.29, 1.82) is 0 Å². The molecule has 4 heteroatoms. The molecule has 0 saturated heterocycles. The molecule has 0 atom stereocenters. The van der Waals surface area contributed by atoms with Crippen LogP contribution in [0.4, 0.5) is 0 Å². The second-order valence-electron chi connectivity index (χ2n) is 16.7. The fraction of sp³-hybridized carbons (Fsp3) is 0.528. The minimum Gasteiger partial charge on any atom is -0.504 e. The molecular weight excluding hydrogens is 701 g/mol. The minimum atomic E-state index is -1.04. The Labute approximate surface area is 349 Å². The third kappa shape index (κ3) is 25.7. The summed E-state index contributed by atoms with van der Waals surface area (Å²) in [4.78, 5) is 11.4. The Morgan fingerprint density at radius 2 is 0.754 bits per heavy atom. The molecule has 2 N–H and O–H groups in total. The van der Waals surface area contributed by atoms with Crippen molar-refractivity contribution in [3.63, 3.8) is 0 Å². The lowest BCUT2D eigenvalue weighted by Crippen LogP contribution is -2.00. The van der Waals surface area contributed by atoms with Crippen molar-refractivity contribution in [3.8, 4) is 11.5 Å². The molecule has 57 heavy (non-hydrogen) atoms. The maximum Gasteiger partial charge on any atom is 0.335 e. The molecular formula is C53H80O4. The summed E-state index contributed by atoms with van der Waals surface area (Å²) in [6.07, 6.45) is 39.5. The third-order valence-corrected chi connectivity index (χ3v) is 10.6. The molecule has 0 bridgehead atoms. The van der Waals surface area contributed by atoms with E-state index in [9.17, 15) is 15.0 Å². The van der Waals surface area contributed by atoms with Crippen LogP contribution in [0, 0.1) is 0 Å². The predicted molar refractivity (Wildman–Crippen MR) is 249 cm³/mol. The van der Waals surface area contributed by atoms with E-state index in [4.69, 9.17) is 4.74 Å². The third-order valence-electron chi connectivity index (χ3n) is 10.6. The van der Waals surface area contributed by atoms with Crippen LogP contribution in [0.3, 0.4) is 0 Å². The van der Waals surface area contributed by atoms with Crippen LogP contribution >= 0.6 is 0 Å². The molecule has 0 fully saturated rings. The molecule has 1 aromatic carbocycles. The Bertz CT molecular complexity index is 1660. The van der Waals surface area contributed by atoms with Crippen LogP contribution in [-0.4, -0.2) is 23.3 Å². The van der Waals surface area contributed by atoms with Crippen LogP contribution in [-0.2, 0) is 6.42 Å². The van der Waals surface area contributed by atoms with Gasteiger partial charge in [0.25, 0.3) is 0 Å². The van der Waals surface area contributed by atoms with Crippen molar-refractivity contribution in [3.05, 3.63) is 128 Å². The Balaban J connectivity index is 2.31. The molecule has 4 nitrogen and oxygen atoms in total. The normalized spacial score (nSPS) is 14.0. The number of allylic oxidation sites excluding steroid dienone is 18. The van der Waals surface area contributed by atoms with Gasteiger partial charge in [-0.1, -0.05) is 105 Å². The monoisotopic (exact) mass is 781 g/mol. The van der Waals surface area contributed by atoms with E-state index in [1.807, 2.05) is 0 Å². The Morgan fingerprint density at radius 3 is 1.02 bits per heavy atom. The number of hydrogen-bond donors (Lipinski definition) is 2. The van der Waals surface area contributed by atoms with Crippen molar-refractivity contribution < 1.29 is 19.7 Å². The van der Waals surface area contributed by atoms with Gasteiger partial charge in [0.15, 0.2) is 11.5 Å². The minimum absolute atomic E-state index is 0.000435. The Morgan fingerprint density at radius 1 is 0.474 bits per heavy atom. The van der Waals surface area contributed by atoms with E-state index in [0.29, 0.717) is 12.0 Å². The number of ether oxygens (including phenoxy) is 1. The topological polar surface area (TPSA) is 66.8 Å². The summed E-state index contributed by atoms with van der Waals surface area (Å²) >= 11 is 0. The molecule has 0 radical (unpaired) electrons. The molecule has 0 unspecified atom stereocenters. The van der Waals surface area contributed by atoms with Gasteiger partial charge >= 0.3 is 5.97 Å². The van der Waals surface area contributed by atoms with Crippen molar-refractivity contribution in [2.24, 2.45) is 0 Å². The summed E-state index contributed by atoms with van der Waals surface area (Å²) < 4.78 is 5.15. The van der Waals surface area contributed by atoms with Gasteiger partial charge in [-0.25, -0.2) is 4.79 Å². The molecule has 1 aromatic rings. The first-order valence-electron chi connectivity index (χ1n) is 21.6. The van der Waals surface area contributed by atoms with Gasteiger partial charge < -0.3 is 14.9 Å². The van der Waals surface area contributed by atoms with Crippen LogP contribution in [0.2, 0.25) is 0 Å². The van der Waals surface area contributed by atoms with Gasteiger partial charge in [0.2, 0.25) is 0 Å². The molecule has 1 rings (SSSR count). The van der Waals surface area contributed by atoms with E-state index >= 15 is 0 Å². The molecule has 316 valence electrons. The fourth-order valence-corrected chi connectivity index (χ4v) is 6.61. The second kappa shape index (κ2) is 30.1. The number of carboxylic acid groups (broad SMARTS) is 1. The molecule has 0 amide bonds. The fourth-order valence-electron chi connectivity index (χ4n) is 6.61. The number of hydrogen-bond acceptors (Lipinski definition) is 3. The SMILES string of the molecule is COc1cc(C(=O)O)cc(CC=C(C)CCC=C(C)CCC=C(C)CCC=C(C)CCC=C(C)CCC=C(C)CCC=C(C)CCC=C(C)CCC=C(C)C)c1O. The number of rotatable bonds is 28. The number of benzene rings is 1. The van der Waals surface area contributed by atoms with Crippen LogP contribution < -0.4 is 4.74 Å². The zero-order chi connectivity index (χ0) is 42.6. The number of phenols is 1. The van der Waals surface area contributed by atoms with Crippen LogP contribution in [0.5, 0.6) is 11.5 Å². The quantitative estimate of drug-likeness (QED) is 0.0831. The first-order valence-corrected chi connectivity index (χ1v) is 21.6. The second-order valence-corrected chi connectivity index (χ2v) is 16.7. The maximum atomic E-state index is 11.4. The number of phenolic OH excluding ortho intramolecular Hbond substituents is 1. The van der Waals surface area contributed by atoms with E-state index < -0.39 is 5.97 Å². The molecule has 0 aliphatic carbocycles. The maximum absolute atomic E-state index is 11.4. The Hall–Kier alpha value is -4.05. The Kier molecular flexibility index (Phi) is 26.9. The van der Waals surface area contributed by atoms with Gasteiger partial charge in [0.05, 0.1) is 12.7 Å². The number of aromatic hydroxyl groups is 1. The highest BCUT2D eigenvalue weighted by Crippen LogP contribution is 2.32. The van der Waals surface area contributed by atoms with Crippen LogP contribution in [0.15, 0.2) is 117 Å². The van der Waals surface area contributed by atoms with Crippen molar-refractivity contribution >= 4 is 5.97 Å². The van der Waals surface area contributed by atoms with Gasteiger partial charge in [-0.05, 0) is 191 Å². The zero-order valence-corrected chi connectivity index (χ0v) is 38.1. The lowest BCUT2D eigenvalue weighted by Gasteiger charge is -2.10. The van der Waals surface area contributed by atoms with Gasteiger partial charge in [0, 0.05) is 5.56 Å². The largest absolute Gasteiger partial charge is 0.504 e. The highest BCUT2D eigenvalue weighted by atomic mass is 16.5.